The summed E-state index contributed by atoms with van der Waals surface area (Å²) in [6, 6.07) is 13.5. The van der Waals surface area contributed by atoms with Gasteiger partial charge in [-0.25, -0.2) is 19.4 Å². The predicted octanol–water partition coefficient (Wildman–Crippen LogP) is 6.81. The van der Waals surface area contributed by atoms with E-state index in [2.05, 4.69) is 19.8 Å². The molecular formula is C41H59N9O13S. The maximum atomic E-state index is 12.6. The minimum atomic E-state index is -4.71. The SMILES string of the molecule is C.C.C.C1CCOC1.O=C1N(O)[C@@H]2CC[C@@H](c3ccon3)N1C2.O=C1N2C[C@@H](CC[C@H]2c2ccon2)N1OCc1ccccc1.O=C1N2C[C@@H](CC[C@H]2c2ccon2)N1OS(=O)(=O)O. The number of piperidine rings is 3. The number of aromatic nitrogens is 3. The maximum absolute atomic E-state index is 12.6. The van der Waals surface area contributed by atoms with Crippen LogP contribution in [0.2, 0.25) is 0 Å². The van der Waals surface area contributed by atoms with Crippen molar-refractivity contribution in [2.24, 2.45) is 0 Å². The standard InChI is InChI=1S/C16H17N3O3.C9H11N3O6S.C9H11N3O3.C4H8O.3CH4/c20-16-18-10-13(6-7-15(18)14-8-9-21-17-14)19(16)22-11-12-4-2-1-3-5-12;13-9-11-5-6(12(9)18-19(14,15)16)1-2-8(11)7-3-4-17-10-7;13-9-11-5-6(12(9)14)1-2-8(11)7-3-4-15-10-7;1-2-4-5-3-1;;;/h1-5,8-9,13,15H,6-7,10-11H2;3-4,6,8H,1-2,5H2,(H,14,15,16);3-4,6,8,14H,1-2,5H2;1-4H2;3*1H4/t13-,15+;2*6-,8+;;;;/m111..../s1. The molecule has 7 fully saturated rings. The molecule has 0 unspecified atom stereocenters. The lowest BCUT2D eigenvalue weighted by Crippen LogP contribution is -2.35. The number of rotatable bonds is 8. The van der Waals surface area contributed by atoms with Crippen molar-refractivity contribution in [1.29, 1.82) is 0 Å². The Balaban J connectivity index is 0.000000169. The van der Waals surface area contributed by atoms with Crippen LogP contribution >= 0.6 is 0 Å². The first-order chi connectivity index (χ1) is 29.6. The van der Waals surface area contributed by atoms with Gasteiger partial charge in [0.15, 0.2) is 0 Å². The summed E-state index contributed by atoms with van der Waals surface area (Å²) in [5, 5.41) is 24.2. The molecule has 0 spiro atoms. The number of benzene rings is 1. The molecule has 4 aromatic rings. The van der Waals surface area contributed by atoms with Crippen LogP contribution in [-0.2, 0) is 30.9 Å². The third kappa shape index (κ3) is 11.0. The quantitative estimate of drug-likeness (QED) is 0.136. The van der Waals surface area contributed by atoms with Crippen LogP contribution in [0.3, 0.4) is 0 Å². The number of nitrogens with zero attached hydrogens (tertiary/aromatic N) is 9. The lowest BCUT2D eigenvalue weighted by atomic mass is 9.99. The van der Waals surface area contributed by atoms with Crippen molar-refractivity contribution in [3.05, 3.63) is 90.0 Å². The molecule has 7 aliphatic rings. The van der Waals surface area contributed by atoms with Crippen LogP contribution in [0.1, 0.15) is 114 Å². The summed E-state index contributed by atoms with van der Waals surface area (Å²) in [5.74, 6) is 0. The van der Waals surface area contributed by atoms with Crippen molar-refractivity contribution in [3.63, 3.8) is 0 Å². The summed E-state index contributed by atoms with van der Waals surface area (Å²) in [6.45, 7) is 4.00. The fourth-order valence-corrected chi connectivity index (χ4v) is 9.00. The number of fused-ring (bicyclic) bond motifs is 6. The molecule has 23 heteroatoms. The van der Waals surface area contributed by atoms with Crippen molar-refractivity contribution >= 4 is 28.5 Å². The van der Waals surface area contributed by atoms with E-state index >= 15 is 0 Å². The third-order valence-electron chi connectivity index (χ3n) is 11.6. The van der Waals surface area contributed by atoms with Gasteiger partial charge in [0.05, 0.1) is 36.3 Å². The van der Waals surface area contributed by atoms with E-state index in [1.807, 2.05) is 41.3 Å². The molecule has 0 aliphatic carbocycles. The fraction of sp³-hybridized carbons (Fsp3) is 0.561. The minimum Gasteiger partial charge on any atom is -0.381 e. The first-order valence-electron chi connectivity index (χ1n) is 20.2. The number of urea groups is 3. The molecule has 6 atom stereocenters. The molecule has 3 aromatic heterocycles. The average molecular weight is 918 g/mol. The van der Waals surface area contributed by atoms with Gasteiger partial charge in [-0.05, 0) is 56.9 Å². The van der Waals surface area contributed by atoms with Crippen LogP contribution in [0.25, 0.3) is 0 Å². The van der Waals surface area contributed by atoms with E-state index in [1.54, 1.807) is 23.3 Å². The summed E-state index contributed by atoms with van der Waals surface area (Å²) in [4.78, 5) is 47.0. The Morgan fingerprint density at radius 2 is 1.05 bits per heavy atom. The normalized spacial score (nSPS) is 25.2. The van der Waals surface area contributed by atoms with Crippen molar-refractivity contribution in [2.75, 3.05) is 32.8 Å². The Bertz CT molecular complexity index is 2160. The molecule has 11 rings (SSSR count). The Labute approximate surface area is 372 Å². The largest absolute Gasteiger partial charge is 0.418 e. The number of hydroxylamine groups is 6. The summed E-state index contributed by atoms with van der Waals surface area (Å²) in [7, 11) is -4.71. The Kier molecular flexibility index (Phi) is 16.9. The number of hydrogen-bond donors (Lipinski definition) is 2. The van der Waals surface area contributed by atoms with Crippen LogP contribution in [-0.4, -0.2) is 133 Å². The Hall–Kier alpha value is -5.59. The summed E-state index contributed by atoms with van der Waals surface area (Å²) < 4.78 is 53.8. The van der Waals surface area contributed by atoms with E-state index in [0.29, 0.717) is 49.8 Å². The fourth-order valence-electron chi connectivity index (χ4n) is 8.61. The van der Waals surface area contributed by atoms with Gasteiger partial charge in [-0.1, -0.05) is 68.1 Å². The minimum absolute atomic E-state index is 0. The first-order valence-corrected chi connectivity index (χ1v) is 21.5. The van der Waals surface area contributed by atoms with Gasteiger partial charge in [-0.3, -0.25) is 14.6 Å². The molecule has 2 N–H and O–H groups in total. The average Bonchev–Trinajstić information content (AvgIpc) is 4.15. The molecule has 0 saturated carbocycles. The third-order valence-corrected chi connectivity index (χ3v) is 12.0. The highest BCUT2D eigenvalue weighted by atomic mass is 32.3. The van der Waals surface area contributed by atoms with Crippen molar-refractivity contribution in [1.82, 2.24) is 45.4 Å². The zero-order valence-electron chi connectivity index (χ0n) is 33.0. The highest BCUT2D eigenvalue weighted by Crippen LogP contribution is 2.40. The zero-order valence-corrected chi connectivity index (χ0v) is 33.8. The number of hydrogen-bond acceptors (Lipinski definition) is 15. The van der Waals surface area contributed by atoms with E-state index in [4.69, 9.17) is 27.7 Å². The molecule has 64 heavy (non-hydrogen) atoms. The molecule has 352 valence electrons. The smallest absolute Gasteiger partial charge is 0.381 e. The highest BCUT2D eigenvalue weighted by Gasteiger charge is 2.49. The van der Waals surface area contributed by atoms with Crippen LogP contribution in [0.15, 0.2) is 80.9 Å². The van der Waals surface area contributed by atoms with E-state index in [-0.39, 0.29) is 64.6 Å². The van der Waals surface area contributed by atoms with Gasteiger partial charge in [0.1, 0.15) is 42.5 Å². The van der Waals surface area contributed by atoms with E-state index in [0.717, 1.165) is 60.9 Å². The van der Waals surface area contributed by atoms with Crippen LogP contribution in [0.4, 0.5) is 14.4 Å². The number of amides is 6. The molecule has 22 nitrogen and oxygen atoms in total. The van der Waals surface area contributed by atoms with Crippen LogP contribution in [0, 0.1) is 0 Å². The zero-order chi connectivity index (χ0) is 42.5. The molecular weight excluding hydrogens is 859 g/mol. The van der Waals surface area contributed by atoms with E-state index < -0.39 is 22.5 Å². The van der Waals surface area contributed by atoms with Gasteiger partial charge < -0.3 is 33.0 Å². The summed E-state index contributed by atoms with van der Waals surface area (Å²) >= 11 is 0. The van der Waals surface area contributed by atoms with Crippen LogP contribution in [0.5, 0.6) is 0 Å². The monoisotopic (exact) mass is 917 g/mol. The first kappa shape index (κ1) is 49.4. The van der Waals surface area contributed by atoms with E-state index in [1.165, 1.54) is 35.3 Å². The Morgan fingerprint density at radius 1 is 0.609 bits per heavy atom. The highest BCUT2D eigenvalue weighted by molar-refractivity contribution is 7.80. The van der Waals surface area contributed by atoms with Gasteiger partial charge in [-0.15, -0.1) is 4.28 Å². The van der Waals surface area contributed by atoms with Gasteiger partial charge >= 0.3 is 28.5 Å². The van der Waals surface area contributed by atoms with Gasteiger partial charge in [0.25, 0.3) is 0 Å². The summed E-state index contributed by atoms with van der Waals surface area (Å²) in [6.07, 6.45) is 11.6. The molecule has 10 heterocycles. The van der Waals surface area contributed by atoms with Crippen molar-refractivity contribution in [3.8, 4) is 0 Å². The number of ether oxygens (including phenoxy) is 1. The van der Waals surface area contributed by atoms with Crippen molar-refractivity contribution < 1.29 is 60.0 Å². The predicted molar refractivity (Wildman–Crippen MR) is 225 cm³/mol. The molecule has 7 saturated heterocycles. The summed E-state index contributed by atoms with van der Waals surface area (Å²) in [5.41, 5.74) is 3.24. The maximum Gasteiger partial charge on any atom is 0.418 e. The van der Waals surface area contributed by atoms with Gasteiger partial charge in [0, 0.05) is 51.0 Å². The Morgan fingerprint density at radius 3 is 1.48 bits per heavy atom. The van der Waals surface area contributed by atoms with Crippen LogP contribution < -0.4 is 0 Å². The second kappa shape index (κ2) is 21.9. The number of carbonyl (C=O) groups is 3. The molecule has 0 radical (unpaired) electrons. The second-order valence-corrected chi connectivity index (χ2v) is 16.4. The topological polar surface area (TPSA) is 251 Å². The van der Waals surface area contributed by atoms with Gasteiger partial charge in [-0.2, -0.15) is 18.5 Å². The van der Waals surface area contributed by atoms with E-state index in [9.17, 15) is 28.0 Å². The van der Waals surface area contributed by atoms with Crippen molar-refractivity contribution in [2.45, 2.75) is 117 Å². The number of carbonyl (C=O) groups excluding carboxylic acids is 3. The lowest BCUT2D eigenvalue weighted by molar-refractivity contribution is -0.140. The molecule has 6 amide bonds. The second-order valence-electron chi connectivity index (χ2n) is 15.4. The molecule has 6 bridgehead atoms. The lowest BCUT2D eigenvalue weighted by Gasteiger charge is -2.28. The molecule has 1 aromatic carbocycles. The molecule has 7 aliphatic heterocycles. The van der Waals surface area contributed by atoms with Gasteiger partial charge in [0.2, 0.25) is 0 Å².